The molecule has 3 N–H and O–H groups in total. The first-order valence-corrected chi connectivity index (χ1v) is 2.20. The molecular weight excluding hydrogens is 163 g/mol. The van der Waals surface area contributed by atoms with Crippen LogP contribution in [0.3, 0.4) is 0 Å². The summed E-state index contributed by atoms with van der Waals surface area (Å²) in [6.07, 6.45) is -1.83. The van der Waals surface area contributed by atoms with Crippen LogP contribution in [-0.4, -0.2) is 29.7 Å². The largest absolute Gasteiger partial charge is 1.00 e. The maximum atomic E-state index is 8.56. The van der Waals surface area contributed by atoms with Gasteiger partial charge in [0.15, 0.2) is 0 Å². The van der Waals surface area contributed by atoms with Crippen molar-refractivity contribution in [3.8, 4) is 0 Å². The van der Waals surface area contributed by atoms with E-state index in [0.717, 1.165) is 0 Å². The topological polar surface area (TPSA) is 118 Å². The number of hydrogen-bond donors (Lipinski definition) is 3. The van der Waals surface area contributed by atoms with Crippen LogP contribution in [0.1, 0.15) is 0 Å². The van der Waals surface area contributed by atoms with Crippen LogP contribution in [0, 0.1) is 0 Å². The minimum atomic E-state index is -2.86. The molecule has 0 bridgehead atoms. The van der Waals surface area contributed by atoms with Crippen LogP contribution in [0.15, 0.2) is 0 Å². The first-order valence-electron chi connectivity index (χ1n) is 1.17. The maximum absolute atomic E-state index is 8.56. The Balaban J connectivity index is -0.0000000720. The second-order valence-corrected chi connectivity index (χ2v) is 0.934. The smallest absolute Gasteiger partial charge is 0.750 e. The molecule has 0 saturated carbocycles. The first kappa shape index (κ1) is 16.2. The Bertz CT molecular complexity index is 71.1. The summed E-state index contributed by atoms with van der Waals surface area (Å²) in [6.45, 7) is 0. The molecule has 0 aromatic rings. The molecule has 0 amide bonds. The van der Waals surface area contributed by atoms with Crippen molar-refractivity contribution < 1.29 is 57.9 Å². The van der Waals surface area contributed by atoms with E-state index < -0.39 is 17.5 Å². The molecule has 0 rings (SSSR count). The van der Waals surface area contributed by atoms with Gasteiger partial charge in [0.05, 0.1) is 11.4 Å². The number of rotatable bonds is 0. The number of hydrogen-bond acceptors (Lipinski definition) is 3. The molecule has 0 aliphatic rings. The fourth-order valence-corrected chi connectivity index (χ4v) is 0. The van der Waals surface area contributed by atoms with Crippen LogP contribution in [-0.2, 0) is 11.4 Å². The van der Waals surface area contributed by atoms with E-state index in [1.54, 1.807) is 0 Å². The first-order chi connectivity index (χ1) is 3.46. The standard InChI is InChI=1S/CH2O3.Na.H2O3S/c2-1(3)4;;1-4(2)3/h(H2,2,3,4);;(H2,1,2,3)/q;+1;/p-1. The third-order valence-electron chi connectivity index (χ3n) is 0. The molecule has 0 aliphatic carbocycles. The third-order valence-corrected chi connectivity index (χ3v) is 0. The fourth-order valence-electron chi connectivity index (χ4n) is 0. The Morgan fingerprint density at radius 2 is 1.44 bits per heavy atom. The van der Waals surface area contributed by atoms with Crippen molar-refractivity contribution in [2.24, 2.45) is 0 Å². The Morgan fingerprint density at radius 3 is 1.44 bits per heavy atom. The van der Waals surface area contributed by atoms with Crippen LogP contribution in [0.25, 0.3) is 0 Å². The Kier molecular flexibility index (Phi) is 20.1. The molecule has 0 aromatic heterocycles. The van der Waals surface area contributed by atoms with Crippen LogP contribution < -0.4 is 29.6 Å². The third kappa shape index (κ3) is 2900. The predicted octanol–water partition coefficient (Wildman–Crippen LogP) is -3.44. The molecule has 0 fully saturated rings. The average Bonchev–Trinajstić information content (AvgIpc) is 1.25. The molecule has 0 aliphatic heterocycles. The summed E-state index contributed by atoms with van der Waals surface area (Å²) >= 11 is -2.86. The quantitative estimate of drug-likeness (QED) is 0.254. The monoisotopic (exact) mass is 166 g/mol. The summed E-state index contributed by atoms with van der Waals surface area (Å²) in [5.41, 5.74) is 0. The van der Waals surface area contributed by atoms with Crippen molar-refractivity contribution in [3.05, 3.63) is 0 Å². The summed E-state index contributed by atoms with van der Waals surface area (Å²) in [5, 5.41) is 13.9. The summed E-state index contributed by atoms with van der Waals surface area (Å²) in [5.74, 6) is 0. The van der Waals surface area contributed by atoms with Gasteiger partial charge in [0.1, 0.15) is 0 Å². The summed E-state index contributed by atoms with van der Waals surface area (Å²) < 4.78 is 24.1. The molecular formula is CH3NaO6S. The second kappa shape index (κ2) is 11.2. The maximum Gasteiger partial charge on any atom is 1.00 e. The van der Waals surface area contributed by atoms with Crippen molar-refractivity contribution >= 4 is 17.5 Å². The zero-order valence-corrected chi connectivity index (χ0v) is 7.29. The zero-order valence-electron chi connectivity index (χ0n) is 4.47. The van der Waals surface area contributed by atoms with Gasteiger partial charge < -0.3 is 19.3 Å². The van der Waals surface area contributed by atoms with Gasteiger partial charge in [0, 0.05) is 0 Å². The van der Waals surface area contributed by atoms with E-state index in [0.29, 0.717) is 0 Å². The van der Waals surface area contributed by atoms with Gasteiger partial charge in [-0.2, -0.15) is 0 Å². The van der Waals surface area contributed by atoms with Crippen LogP contribution >= 0.6 is 0 Å². The van der Waals surface area contributed by atoms with Gasteiger partial charge in [-0.3, -0.25) is 0 Å². The zero-order chi connectivity index (χ0) is 7.15. The molecule has 1 unspecified atom stereocenters. The summed E-state index contributed by atoms with van der Waals surface area (Å²) in [7, 11) is 0. The number of carbonyl (C=O) groups is 1. The van der Waals surface area contributed by atoms with Gasteiger partial charge in [0.2, 0.25) is 0 Å². The summed E-state index contributed by atoms with van der Waals surface area (Å²) in [6, 6.07) is 0. The van der Waals surface area contributed by atoms with Crippen LogP contribution in [0.4, 0.5) is 4.79 Å². The van der Waals surface area contributed by atoms with Crippen molar-refractivity contribution in [1.29, 1.82) is 0 Å². The van der Waals surface area contributed by atoms with Crippen LogP contribution in [0.5, 0.6) is 0 Å². The van der Waals surface area contributed by atoms with E-state index in [1.165, 1.54) is 0 Å². The molecule has 8 heteroatoms. The molecule has 0 spiro atoms. The SMILES string of the molecule is O=C(O)O.O=S([O-])O.[Na+]. The van der Waals surface area contributed by atoms with Crippen molar-refractivity contribution in [2.45, 2.75) is 0 Å². The minimum Gasteiger partial charge on any atom is -0.750 e. The molecule has 0 heterocycles. The molecule has 1 atom stereocenters. The van der Waals surface area contributed by atoms with Crippen LogP contribution in [0.2, 0.25) is 0 Å². The average molecular weight is 166 g/mol. The Hall–Kier alpha value is 0.340. The second-order valence-electron chi connectivity index (χ2n) is 0.500. The van der Waals surface area contributed by atoms with Gasteiger partial charge in [0.25, 0.3) is 0 Å². The minimum absolute atomic E-state index is 0. The molecule has 0 saturated heterocycles. The Morgan fingerprint density at radius 1 is 1.44 bits per heavy atom. The Labute approximate surface area is 75.3 Å². The molecule has 0 radical (unpaired) electrons. The normalized spacial score (nSPS) is 9.56. The van der Waals surface area contributed by atoms with Crippen molar-refractivity contribution in [3.63, 3.8) is 0 Å². The van der Waals surface area contributed by atoms with Gasteiger partial charge in [-0.1, -0.05) is 0 Å². The van der Waals surface area contributed by atoms with Gasteiger partial charge >= 0.3 is 35.7 Å². The van der Waals surface area contributed by atoms with E-state index in [2.05, 4.69) is 0 Å². The van der Waals surface area contributed by atoms with E-state index in [1.807, 2.05) is 0 Å². The number of carboxylic acid groups (broad SMARTS) is 2. The van der Waals surface area contributed by atoms with E-state index in [4.69, 9.17) is 28.3 Å². The fraction of sp³-hybridized carbons (Fsp3) is 0. The molecule has 9 heavy (non-hydrogen) atoms. The summed E-state index contributed by atoms with van der Waals surface area (Å²) in [4.78, 5) is 8.56. The van der Waals surface area contributed by atoms with Gasteiger partial charge in [-0.25, -0.2) is 9.00 Å². The molecule has 0 aromatic carbocycles. The van der Waals surface area contributed by atoms with Gasteiger partial charge in [-0.15, -0.1) is 0 Å². The molecule has 50 valence electrons. The van der Waals surface area contributed by atoms with E-state index >= 15 is 0 Å². The van der Waals surface area contributed by atoms with Gasteiger partial charge in [-0.05, 0) is 0 Å². The molecule has 6 nitrogen and oxygen atoms in total. The van der Waals surface area contributed by atoms with Crippen molar-refractivity contribution in [2.75, 3.05) is 0 Å². The van der Waals surface area contributed by atoms with E-state index in [9.17, 15) is 0 Å². The predicted molar refractivity (Wildman–Crippen MR) is 22.2 cm³/mol. The van der Waals surface area contributed by atoms with E-state index in [-0.39, 0.29) is 29.6 Å². The van der Waals surface area contributed by atoms with Crippen molar-refractivity contribution in [1.82, 2.24) is 0 Å².